The van der Waals surface area contributed by atoms with E-state index in [9.17, 15) is 0 Å². The molecule has 2 aromatic rings. The van der Waals surface area contributed by atoms with Crippen LogP contribution in [0.5, 0.6) is 0 Å². The van der Waals surface area contributed by atoms with Crippen LogP contribution in [0.1, 0.15) is 25.0 Å². The first-order chi connectivity index (χ1) is 8.65. The smallest absolute Gasteiger partial charge is 0 e. The predicted octanol–water partition coefficient (Wildman–Crippen LogP) is 5.87. The summed E-state index contributed by atoms with van der Waals surface area (Å²) < 4.78 is 0. The summed E-state index contributed by atoms with van der Waals surface area (Å²) >= 11 is 0. The maximum atomic E-state index is 4.52. The summed E-state index contributed by atoms with van der Waals surface area (Å²) in [6.45, 7) is 8.16. The van der Waals surface area contributed by atoms with E-state index in [1.165, 1.54) is 11.1 Å². The Balaban J connectivity index is 0.000000742. The molecule has 0 aliphatic carbocycles. The zero-order chi connectivity index (χ0) is 13.4. The summed E-state index contributed by atoms with van der Waals surface area (Å²) in [4.78, 5) is 0. The van der Waals surface area contributed by atoms with Gasteiger partial charge >= 0.3 is 0 Å². The summed E-state index contributed by atoms with van der Waals surface area (Å²) in [7, 11) is 0. The average molecular weight is 328 g/mol. The number of hydrogen-bond donors (Lipinski definition) is 0. The fourth-order valence-corrected chi connectivity index (χ4v) is 1.39. The third-order valence-corrected chi connectivity index (χ3v) is 2.33. The van der Waals surface area contributed by atoms with Crippen LogP contribution in [-0.4, -0.2) is 0 Å². The van der Waals surface area contributed by atoms with E-state index in [0.29, 0.717) is 0 Å². The number of rotatable bonds is 2. The SMILES string of the molecule is C[CH-]C.Cc1ccc([N-]c2ccc(C)cc2)cc1.[Y]. The molecule has 0 aliphatic heterocycles. The van der Waals surface area contributed by atoms with E-state index in [-0.39, 0.29) is 32.7 Å². The van der Waals surface area contributed by atoms with Crippen molar-refractivity contribution in [2.75, 3.05) is 0 Å². The van der Waals surface area contributed by atoms with Crippen LogP contribution in [0.3, 0.4) is 0 Å². The van der Waals surface area contributed by atoms with E-state index in [4.69, 9.17) is 0 Å². The number of nitrogens with zero attached hydrogens (tertiary/aromatic N) is 1. The Morgan fingerprint density at radius 2 is 0.947 bits per heavy atom. The van der Waals surface area contributed by atoms with Gasteiger partial charge in [-0.25, -0.2) is 0 Å². The van der Waals surface area contributed by atoms with E-state index in [0.717, 1.165) is 11.4 Å². The van der Waals surface area contributed by atoms with Crippen molar-refractivity contribution >= 4 is 11.4 Å². The molecule has 99 valence electrons. The summed E-state index contributed by atoms with van der Waals surface area (Å²) in [6.07, 6.45) is 2.00. The molecule has 1 radical (unpaired) electrons. The molecule has 0 fully saturated rings. The van der Waals surface area contributed by atoms with Gasteiger partial charge in [0.05, 0.1) is 0 Å². The Morgan fingerprint density at radius 3 is 1.21 bits per heavy atom. The maximum Gasteiger partial charge on any atom is 0 e. The van der Waals surface area contributed by atoms with Crippen molar-refractivity contribution in [3.63, 3.8) is 0 Å². The predicted molar refractivity (Wildman–Crippen MR) is 80.7 cm³/mol. The average Bonchev–Trinajstić information content (AvgIpc) is 2.36. The quantitative estimate of drug-likeness (QED) is 0.612. The maximum absolute atomic E-state index is 4.52. The second-order valence-corrected chi connectivity index (χ2v) is 4.36. The molecule has 1 nitrogen and oxygen atoms in total. The van der Waals surface area contributed by atoms with Gasteiger partial charge in [0.1, 0.15) is 0 Å². The van der Waals surface area contributed by atoms with Gasteiger partial charge in [0.25, 0.3) is 0 Å². The van der Waals surface area contributed by atoms with Crippen LogP contribution in [-0.2, 0) is 32.7 Å². The molecule has 2 rings (SSSR count). The van der Waals surface area contributed by atoms with Gasteiger partial charge in [-0.2, -0.15) is 13.8 Å². The molecule has 0 aromatic heterocycles. The first-order valence-corrected chi connectivity index (χ1v) is 6.24. The zero-order valence-corrected chi connectivity index (χ0v) is 15.1. The van der Waals surface area contributed by atoms with E-state index in [1.54, 1.807) is 0 Å². The van der Waals surface area contributed by atoms with Crippen molar-refractivity contribution in [3.05, 3.63) is 71.4 Å². The molecule has 0 spiro atoms. The van der Waals surface area contributed by atoms with Crippen LogP contribution in [0.4, 0.5) is 11.4 Å². The van der Waals surface area contributed by atoms with Crippen LogP contribution in [0, 0.1) is 20.3 Å². The normalized spacial score (nSPS) is 8.84. The first kappa shape index (κ1) is 18.3. The number of hydrogen-bond acceptors (Lipinski definition) is 0. The van der Waals surface area contributed by atoms with Crippen molar-refractivity contribution in [3.8, 4) is 0 Å². The number of aryl methyl sites for hydroxylation is 2. The molecule has 2 aromatic carbocycles. The second-order valence-electron chi connectivity index (χ2n) is 4.36. The Morgan fingerprint density at radius 1 is 0.684 bits per heavy atom. The molecule has 0 aliphatic rings. The van der Waals surface area contributed by atoms with E-state index >= 15 is 0 Å². The van der Waals surface area contributed by atoms with Gasteiger partial charge in [-0.15, -0.1) is 11.4 Å². The van der Waals surface area contributed by atoms with Gasteiger partial charge in [-0.1, -0.05) is 59.7 Å². The molecule has 0 unspecified atom stereocenters. The van der Waals surface area contributed by atoms with Gasteiger partial charge in [-0.05, 0) is 13.8 Å². The standard InChI is InChI=1S/C14H14N.C3H7.Y/c1-11-3-7-13(8-4-11)15-14-9-5-12(2)6-10-14;1-3-2;/h3-10H,1-2H3;3H,1-2H3;/q2*-1;. The Kier molecular flexibility index (Phi) is 9.82. The van der Waals surface area contributed by atoms with E-state index in [1.807, 2.05) is 44.5 Å². The third-order valence-electron chi connectivity index (χ3n) is 2.33. The van der Waals surface area contributed by atoms with Gasteiger partial charge < -0.3 is 11.7 Å². The fraction of sp³-hybridized carbons (Fsp3) is 0.235. The van der Waals surface area contributed by atoms with Gasteiger partial charge in [0.2, 0.25) is 0 Å². The molecule has 0 bridgehead atoms. The van der Waals surface area contributed by atoms with Gasteiger partial charge in [0.15, 0.2) is 0 Å². The molecule has 0 N–H and O–H groups in total. The van der Waals surface area contributed by atoms with Crippen molar-refractivity contribution in [2.24, 2.45) is 0 Å². The van der Waals surface area contributed by atoms with E-state index < -0.39 is 0 Å². The van der Waals surface area contributed by atoms with Gasteiger partial charge in [0, 0.05) is 32.7 Å². The fourth-order valence-electron chi connectivity index (χ4n) is 1.39. The minimum absolute atomic E-state index is 0. The van der Waals surface area contributed by atoms with Crippen molar-refractivity contribution in [1.82, 2.24) is 0 Å². The third kappa shape index (κ3) is 7.49. The summed E-state index contributed by atoms with van der Waals surface area (Å²) in [5.41, 5.74) is 4.53. The Bertz CT molecular complexity index is 402. The summed E-state index contributed by atoms with van der Waals surface area (Å²) in [5, 5.41) is 4.52. The molecular formula is C17H21NY-2. The van der Waals surface area contributed by atoms with E-state index in [2.05, 4.69) is 43.4 Å². The van der Waals surface area contributed by atoms with Crippen LogP contribution >= 0.6 is 0 Å². The molecule has 0 amide bonds. The minimum Gasteiger partial charge on any atom is -0.658 e. The molecule has 0 atom stereocenters. The van der Waals surface area contributed by atoms with Crippen LogP contribution in [0.15, 0.2) is 48.5 Å². The summed E-state index contributed by atoms with van der Waals surface area (Å²) in [5.74, 6) is 0. The molecule has 2 heteroatoms. The van der Waals surface area contributed by atoms with Crippen molar-refractivity contribution < 1.29 is 32.7 Å². The first-order valence-electron chi connectivity index (χ1n) is 6.24. The Labute approximate surface area is 142 Å². The molecule has 0 saturated heterocycles. The summed E-state index contributed by atoms with van der Waals surface area (Å²) in [6, 6.07) is 16.5. The monoisotopic (exact) mass is 328 g/mol. The molecule has 0 saturated carbocycles. The topological polar surface area (TPSA) is 14.1 Å². The number of benzene rings is 2. The molecule has 19 heavy (non-hydrogen) atoms. The zero-order valence-electron chi connectivity index (χ0n) is 12.2. The molecular weight excluding hydrogens is 307 g/mol. The van der Waals surface area contributed by atoms with Crippen LogP contribution in [0.2, 0.25) is 0 Å². The van der Waals surface area contributed by atoms with Crippen LogP contribution < -0.4 is 0 Å². The van der Waals surface area contributed by atoms with Crippen molar-refractivity contribution in [2.45, 2.75) is 27.7 Å². The van der Waals surface area contributed by atoms with Crippen molar-refractivity contribution in [1.29, 1.82) is 0 Å². The minimum atomic E-state index is 0. The van der Waals surface area contributed by atoms with Gasteiger partial charge in [-0.3, -0.25) is 0 Å². The molecule has 0 heterocycles. The van der Waals surface area contributed by atoms with Crippen LogP contribution in [0.25, 0.3) is 5.32 Å². The largest absolute Gasteiger partial charge is 0.658 e. The second kappa shape index (κ2) is 10.2. The Hall–Kier alpha value is -0.656.